The Morgan fingerprint density at radius 1 is 1.03 bits per heavy atom. The first-order valence-corrected chi connectivity index (χ1v) is 9.35. The molecular formula is C20H12F3N7O3. The van der Waals surface area contributed by atoms with Crippen LogP contribution in [0.4, 0.5) is 18.9 Å². The molecule has 0 atom stereocenters. The number of hydrogen-bond acceptors (Lipinski definition) is 6. The van der Waals surface area contributed by atoms with Crippen LogP contribution in [0.25, 0.3) is 22.1 Å². The first-order chi connectivity index (χ1) is 15.8. The number of rotatable bonds is 4. The Labute approximate surface area is 180 Å². The molecule has 10 nitrogen and oxygen atoms in total. The monoisotopic (exact) mass is 455 g/mol. The smallest absolute Gasteiger partial charge is 0.416 e. The number of amides is 1. The Balaban J connectivity index is 1.35. The molecule has 5 rings (SSSR count). The molecular weight excluding hydrogens is 443 g/mol. The van der Waals surface area contributed by atoms with Crippen LogP contribution in [0.1, 0.15) is 16.1 Å². The molecule has 0 saturated carbocycles. The zero-order chi connectivity index (χ0) is 23.2. The molecule has 0 aliphatic rings. The van der Waals surface area contributed by atoms with Crippen LogP contribution < -0.4 is 15.7 Å². The summed E-state index contributed by atoms with van der Waals surface area (Å²) < 4.78 is 44.7. The van der Waals surface area contributed by atoms with E-state index in [1.807, 2.05) is 0 Å². The highest BCUT2D eigenvalue weighted by Gasteiger charge is 2.31. The van der Waals surface area contributed by atoms with Crippen molar-refractivity contribution in [3.8, 4) is 11.6 Å². The fraction of sp³-hybridized carbons (Fsp3) is 0.0500. The minimum Gasteiger partial charge on any atom is -0.437 e. The van der Waals surface area contributed by atoms with E-state index in [0.29, 0.717) is 22.5 Å². The van der Waals surface area contributed by atoms with E-state index in [0.717, 1.165) is 12.1 Å². The highest BCUT2D eigenvalue weighted by Crippen LogP contribution is 2.32. The van der Waals surface area contributed by atoms with Gasteiger partial charge >= 0.3 is 11.9 Å². The molecule has 3 aromatic heterocycles. The normalized spacial score (nSPS) is 11.7. The van der Waals surface area contributed by atoms with Crippen LogP contribution in [0.5, 0.6) is 11.6 Å². The summed E-state index contributed by atoms with van der Waals surface area (Å²) in [5.74, 6) is -0.203. The summed E-state index contributed by atoms with van der Waals surface area (Å²) in [6, 6.07) is 9.14. The number of carbonyl (C=O) groups excluding carboxylic acids is 1. The van der Waals surface area contributed by atoms with Gasteiger partial charge in [-0.25, -0.2) is 9.78 Å². The zero-order valence-electron chi connectivity index (χ0n) is 16.3. The molecule has 2 aromatic carbocycles. The first kappa shape index (κ1) is 20.2. The Morgan fingerprint density at radius 2 is 1.82 bits per heavy atom. The summed E-state index contributed by atoms with van der Waals surface area (Å²) in [7, 11) is 0. The highest BCUT2D eigenvalue weighted by atomic mass is 19.4. The van der Waals surface area contributed by atoms with Crippen molar-refractivity contribution < 1.29 is 22.7 Å². The van der Waals surface area contributed by atoms with Gasteiger partial charge < -0.3 is 10.1 Å². The fourth-order valence-corrected chi connectivity index (χ4v) is 3.18. The van der Waals surface area contributed by atoms with Gasteiger partial charge in [0, 0.05) is 11.1 Å². The third-order valence-electron chi connectivity index (χ3n) is 4.71. The number of alkyl halides is 3. The predicted octanol–water partition coefficient (Wildman–Crippen LogP) is 3.59. The van der Waals surface area contributed by atoms with Gasteiger partial charge in [0.05, 0.1) is 11.1 Å². The molecule has 3 heterocycles. The number of H-pyrrole nitrogens is 3. The van der Waals surface area contributed by atoms with E-state index < -0.39 is 23.3 Å². The molecule has 0 unspecified atom stereocenters. The lowest BCUT2D eigenvalue weighted by Crippen LogP contribution is -2.13. The van der Waals surface area contributed by atoms with Gasteiger partial charge in [0.25, 0.3) is 5.91 Å². The number of benzene rings is 2. The zero-order valence-corrected chi connectivity index (χ0v) is 16.3. The van der Waals surface area contributed by atoms with Crippen LogP contribution in [0.2, 0.25) is 0 Å². The summed E-state index contributed by atoms with van der Waals surface area (Å²) in [6.07, 6.45) is -3.31. The van der Waals surface area contributed by atoms with Gasteiger partial charge in [-0.3, -0.25) is 19.9 Å². The molecule has 0 radical (unpaired) electrons. The number of nitrogens with zero attached hydrogens (tertiary/aromatic N) is 3. The van der Waals surface area contributed by atoms with Crippen LogP contribution in [0, 0.1) is 0 Å². The fourth-order valence-electron chi connectivity index (χ4n) is 3.18. The molecule has 5 aromatic rings. The van der Waals surface area contributed by atoms with E-state index in [1.54, 1.807) is 12.1 Å². The first-order valence-electron chi connectivity index (χ1n) is 9.35. The molecule has 0 saturated heterocycles. The van der Waals surface area contributed by atoms with Crippen molar-refractivity contribution in [3.05, 3.63) is 70.5 Å². The van der Waals surface area contributed by atoms with Crippen LogP contribution in [0.3, 0.4) is 0 Å². The maximum Gasteiger partial charge on any atom is 0.416 e. The number of carbonyl (C=O) groups is 1. The van der Waals surface area contributed by atoms with E-state index in [4.69, 9.17) is 4.74 Å². The number of aromatic amines is 3. The lowest BCUT2D eigenvalue weighted by molar-refractivity contribution is -0.137. The topological polar surface area (TPSA) is 141 Å². The largest absolute Gasteiger partial charge is 0.437 e. The number of ether oxygens (including phenoxy) is 1. The number of nitrogens with one attached hydrogen (secondary N) is 4. The summed E-state index contributed by atoms with van der Waals surface area (Å²) >= 11 is 0. The molecule has 0 fully saturated rings. The van der Waals surface area contributed by atoms with Gasteiger partial charge in [-0.1, -0.05) is 0 Å². The van der Waals surface area contributed by atoms with Gasteiger partial charge in [-0.2, -0.15) is 23.3 Å². The lowest BCUT2D eigenvalue weighted by Gasteiger charge is -2.08. The van der Waals surface area contributed by atoms with Crippen molar-refractivity contribution in [2.24, 2.45) is 0 Å². The predicted molar refractivity (Wildman–Crippen MR) is 110 cm³/mol. The second kappa shape index (κ2) is 7.47. The molecule has 0 spiro atoms. The molecule has 0 aliphatic carbocycles. The van der Waals surface area contributed by atoms with Crippen LogP contribution in [-0.2, 0) is 6.18 Å². The Morgan fingerprint density at radius 3 is 2.58 bits per heavy atom. The summed E-state index contributed by atoms with van der Waals surface area (Å²) in [6.45, 7) is 0. The number of fused-ring (bicyclic) bond motifs is 2. The van der Waals surface area contributed by atoms with E-state index in [-0.39, 0.29) is 22.6 Å². The Bertz CT molecular complexity index is 1550. The molecule has 1 amide bonds. The van der Waals surface area contributed by atoms with Crippen LogP contribution in [0.15, 0.2) is 53.6 Å². The molecule has 0 aliphatic heterocycles. The average molecular weight is 455 g/mol. The van der Waals surface area contributed by atoms with Gasteiger partial charge in [0.2, 0.25) is 5.88 Å². The third-order valence-corrected chi connectivity index (χ3v) is 4.71. The summed E-state index contributed by atoms with van der Waals surface area (Å²) in [4.78, 5) is 37.0. The number of halogens is 3. The quantitative estimate of drug-likeness (QED) is 0.326. The number of anilines is 1. The van der Waals surface area contributed by atoms with Crippen molar-refractivity contribution in [1.29, 1.82) is 0 Å². The van der Waals surface area contributed by atoms with Crippen molar-refractivity contribution in [3.63, 3.8) is 0 Å². The minimum absolute atomic E-state index is 0.0514. The van der Waals surface area contributed by atoms with Crippen LogP contribution in [-0.4, -0.2) is 36.0 Å². The Hall–Kier alpha value is -4.68. The maximum absolute atomic E-state index is 13.0. The van der Waals surface area contributed by atoms with Crippen LogP contribution >= 0.6 is 0 Å². The molecule has 0 bridgehead atoms. The number of aromatic nitrogens is 6. The highest BCUT2D eigenvalue weighted by molar-refractivity contribution is 6.11. The molecule has 33 heavy (non-hydrogen) atoms. The van der Waals surface area contributed by atoms with E-state index in [1.165, 1.54) is 24.5 Å². The van der Waals surface area contributed by atoms with Gasteiger partial charge in [0.1, 0.15) is 17.6 Å². The van der Waals surface area contributed by atoms with Crippen molar-refractivity contribution in [2.45, 2.75) is 6.18 Å². The lowest BCUT2D eigenvalue weighted by atomic mass is 10.1. The summed E-state index contributed by atoms with van der Waals surface area (Å²) in [5.41, 5.74) is -0.265. The molecule has 13 heteroatoms. The van der Waals surface area contributed by atoms with E-state index >= 15 is 0 Å². The van der Waals surface area contributed by atoms with E-state index in [2.05, 4.69) is 35.5 Å². The second-order valence-electron chi connectivity index (χ2n) is 6.89. The standard InChI is InChI=1S/C20H12F3N7O3/c21-20(22,23)9-1-6-13-12(7-9)14(30-29-13)17(31)26-10-2-4-11(5-3-10)33-18-15-16(24-8-25-18)28-19(32)27-15/h1-8H,(H,26,31)(H,29,30)(H2,24,25,27,28,32). The number of imidazole rings is 1. The Kier molecular flexibility index (Phi) is 4.58. The SMILES string of the molecule is O=C(Nc1ccc(Oc2ncnc3[nH]c(=O)[nH]c23)cc1)c1n[nH]c2ccc(C(F)(F)F)cc12. The molecule has 166 valence electrons. The number of hydrogen-bond donors (Lipinski definition) is 4. The van der Waals surface area contributed by atoms with Crippen molar-refractivity contribution in [1.82, 2.24) is 30.1 Å². The van der Waals surface area contributed by atoms with E-state index in [9.17, 15) is 22.8 Å². The van der Waals surface area contributed by atoms with Crippen molar-refractivity contribution in [2.75, 3.05) is 5.32 Å². The van der Waals surface area contributed by atoms with Gasteiger partial charge in [-0.05, 0) is 42.5 Å². The van der Waals surface area contributed by atoms with Gasteiger partial charge in [-0.15, -0.1) is 0 Å². The minimum atomic E-state index is -4.54. The third kappa shape index (κ3) is 3.86. The second-order valence-corrected chi connectivity index (χ2v) is 6.89. The van der Waals surface area contributed by atoms with Gasteiger partial charge in [0.15, 0.2) is 11.3 Å². The van der Waals surface area contributed by atoms with Crippen molar-refractivity contribution >= 4 is 33.7 Å². The summed E-state index contributed by atoms with van der Waals surface area (Å²) in [5, 5.41) is 9.03. The molecule has 4 N–H and O–H groups in total. The maximum atomic E-state index is 13.0. The average Bonchev–Trinajstić information content (AvgIpc) is 3.37.